The normalized spacial score (nSPS) is 13.3. The van der Waals surface area contributed by atoms with E-state index in [0.29, 0.717) is 12.0 Å². The summed E-state index contributed by atoms with van der Waals surface area (Å²) in [4.78, 5) is 65.4. The summed E-state index contributed by atoms with van der Waals surface area (Å²) < 4.78 is 23.9. The van der Waals surface area contributed by atoms with Crippen LogP contribution in [0.25, 0.3) is 0 Å². The molecule has 5 amide bonds. The molecule has 0 fully saturated rings. The van der Waals surface area contributed by atoms with Gasteiger partial charge in [0.25, 0.3) is 5.91 Å². The molecule has 0 heterocycles. The maximum Gasteiger partial charge on any atom is 0.335 e. The van der Waals surface area contributed by atoms with Crippen molar-refractivity contribution in [3.05, 3.63) is 108 Å². The molecule has 6 N–H and O–H groups in total. The first-order valence-electron chi connectivity index (χ1n) is 16.3. The van der Waals surface area contributed by atoms with Crippen molar-refractivity contribution in [1.29, 1.82) is 0 Å². The van der Waals surface area contributed by atoms with Crippen LogP contribution in [0.2, 0.25) is 0 Å². The van der Waals surface area contributed by atoms with E-state index in [9.17, 15) is 32.4 Å². The van der Waals surface area contributed by atoms with Crippen LogP contribution in [-0.4, -0.2) is 81.4 Å². The Morgan fingerprint density at radius 2 is 1.27 bits per heavy atom. The molecule has 272 valence electrons. The standard InChI is InChI=1S/C36H45N7O7S/c1-5-15-28(39-34(46)29(37-3)23-51(4,49)50)33(35(47)38-22-30(45)40-31(24(2)44)25-16-9-6-10-17-25)42-43-36(48)41-32(26-18-11-7-12-19-26)27-20-13-8-14-21-27/h6-14,16-21,28-29,31-32,37H,5,15,22-23H2,1-4H3,(H,38,47)(H,39,46)(H,40,45)(H2,41,43,48)/b42-33-. The third-order valence-corrected chi connectivity index (χ3v) is 8.60. The Morgan fingerprint density at radius 3 is 1.75 bits per heavy atom. The number of carbonyl (C=O) groups excluding carboxylic acids is 5. The predicted octanol–water partition coefficient (Wildman–Crippen LogP) is 1.91. The Balaban J connectivity index is 1.88. The summed E-state index contributed by atoms with van der Waals surface area (Å²) in [6, 6.07) is 22.5. The number of likely N-dealkylation sites (N-methyl/N-ethyl adjacent to an activating group) is 1. The van der Waals surface area contributed by atoms with Crippen molar-refractivity contribution in [3.8, 4) is 0 Å². The van der Waals surface area contributed by atoms with Gasteiger partial charge in [-0.3, -0.25) is 19.2 Å². The number of nitrogens with one attached hydrogen (secondary N) is 6. The summed E-state index contributed by atoms with van der Waals surface area (Å²) in [6.07, 6.45) is 1.61. The van der Waals surface area contributed by atoms with Crippen LogP contribution in [0.5, 0.6) is 0 Å². The third kappa shape index (κ3) is 13.1. The van der Waals surface area contributed by atoms with Gasteiger partial charge in [-0.2, -0.15) is 5.10 Å². The number of nitrogens with zero attached hydrogens (tertiary/aromatic N) is 1. The van der Waals surface area contributed by atoms with Crippen LogP contribution in [0.1, 0.15) is 55.5 Å². The quantitative estimate of drug-likeness (QED) is 0.0845. The van der Waals surface area contributed by atoms with Gasteiger partial charge in [0.05, 0.1) is 24.4 Å². The second-order valence-corrected chi connectivity index (χ2v) is 14.0. The molecular formula is C36H45N7O7S. The lowest BCUT2D eigenvalue weighted by molar-refractivity contribution is -0.127. The van der Waals surface area contributed by atoms with Gasteiger partial charge in [-0.25, -0.2) is 18.6 Å². The number of benzene rings is 3. The van der Waals surface area contributed by atoms with E-state index in [-0.39, 0.29) is 17.9 Å². The van der Waals surface area contributed by atoms with E-state index in [4.69, 9.17) is 0 Å². The highest BCUT2D eigenvalue weighted by atomic mass is 32.2. The summed E-state index contributed by atoms with van der Waals surface area (Å²) in [5.41, 5.74) is 4.14. The van der Waals surface area contributed by atoms with Crippen LogP contribution in [0.15, 0.2) is 96.1 Å². The van der Waals surface area contributed by atoms with Gasteiger partial charge < -0.3 is 26.6 Å². The molecule has 0 aliphatic heterocycles. The van der Waals surface area contributed by atoms with Crippen molar-refractivity contribution in [2.45, 2.75) is 50.9 Å². The number of hydrazone groups is 1. The highest BCUT2D eigenvalue weighted by Crippen LogP contribution is 2.21. The first kappa shape index (κ1) is 40.0. The number of hydrogen-bond donors (Lipinski definition) is 6. The third-order valence-electron chi connectivity index (χ3n) is 7.66. The second kappa shape index (κ2) is 19.7. The van der Waals surface area contributed by atoms with E-state index >= 15 is 0 Å². The van der Waals surface area contributed by atoms with E-state index in [1.54, 1.807) is 37.3 Å². The molecule has 0 radical (unpaired) electrons. The molecule has 0 saturated heterocycles. The highest BCUT2D eigenvalue weighted by Gasteiger charge is 2.30. The monoisotopic (exact) mass is 719 g/mol. The van der Waals surface area contributed by atoms with E-state index in [2.05, 4.69) is 37.1 Å². The molecule has 3 aromatic carbocycles. The van der Waals surface area contributed by atoms with Crippen LogP contribution >= 0.6 is 0 Å². The summed E-state index contributed by atoms with van der Waals surface area (Å²) in [5.74, 6) is -3.11. The Morgan fingerprint density at radius 1 is 0.745 bits per heavy atom. The molecular weight excluding hydrogens is 675 g/mol. The zero-order valence-corrected chi connectivity index (χ0v) is 29.8. The molecule has 15 heteroatoms. The summed E-state index contributed by atoms with van der Waals surface area (Å²) in [5, 5.41) is 17.4. The number of rotatable bonds is 18. The largest absolute Gasteiger partial charge is 0.346 e. The maximum absolute atomic E-state index is 13.7. The van der Waals surface area contributed by atoms with Crippen LogP contribution in [0.4, 0.5) is 4.79 Å². The Hall–Kier alpha value is -5.41. The van der Waals surface area contributed by atoms with Gasteiger partial charge in [-0.15, -0.1) is 0 Å². The fraction of sp³-hybridized carbons (Fsp3) is 0.333. The van der Waals surface area contributed by atoms with Gasteiger partial charge >= 0.3 is 6.03 Å². The average Bonchev–Trinajstić information content (AvgIpc) is 3.11. The molecule has 0 aliphatic carbocycles. The van der Waals surface area contributed by atoms with Gasteiger partial charge in [0, 0.05) is 6.26 Å². The van der Waals surface area contributed by atoms with Gasteiger partial charge in [0.1, 0.15) is 27.6 Å². The molecule has 3 rings (SSSR count). The Bertz CT molecular complexity index is 1730. The zero-order chi connectivity index (χ0) is 37.4. The van der Waals surface area contributed by atoms with Crippen LogP contribution in [0, 0.1) is 0 Å². The topological polar surface area (TPSA) is 204 Å². The molecule has 0 spiro atoms. The molecule has 0 aromatic heterocycles. The zero-order valence-electron chi connectivity index (χ0n) is 29.0. The highest BCUT2D eigenvalue weighted by molar-refractivity contribution is 7.90. The van der Waals surface area contributed by atoms with Crippen LogP contribution < -0.4 is 32.0 Å². The second-order valence-electron chi connectivity index (χ2n) is 11.8. The van der Waals surface area contributed by atoms with E-state index in [1.807, 2.05) is 60.7 Å². The van der Waals surface area contributed by atoms with Gasteiger partial charge in [0.2, 0.25) is 11.8 Å². The minimum Gasteiger partial charge on any atom is -0.346 e. The van der Waals surface area contributed by atoms with Crippen molar-refractivity contribution in [2.24, 2.45) is 5.10 Å². The van der Waals surface area contributed by atoms with Gasteiger partial charge in [-0.1, -0.05) is 104 Å². The van der Waals surface area contributed by atoms with Crippen LogP contribution in [0.3, 0.4) is 0 Å². The lowest BCUT2D eigenvalue weighted by atomic mass is 9.99. The van der Waals surface area contributed by atoms with E-state index in [0.717, 1.165) is 17.4 Å². The lowest BCUT2D eigenvalue weighted by Crippen LogP contribution is -2.55. The SMILES string of the molecule is CCCC(NC(=O)C(CS(C)(=O)=O)NC)/C(=N/NC(=O)NC(c1ccccc1)c1ccccc1)C(=O)NCC(=O)NC(C(C)=O)c1ccccc1. The molecule has 3 aromatic rings. The summed E-state index contributed by atoms with van der Waals surface area (Å²) >= 11 is 0. The van der Waals surface area contributed by atoms with Gasteiger partial charge in [0.15, 0.2) is 5.78 Å². The fourth-order valence-electron chi connectivity index (χ4n) is 5.17. The van der Waals surface area contributed by atoms with E-state index < -0.39 is 70.1 Å². The first-order chi connectivity index (χ1) is 24.3. The molecule has 3 atom stereocenters. The molecule has 0 aliphatic rings. The smallest absolute Gasteiger partial charge is 0.335 e. The van der Waals surface area contributed by atoms with Crippen LogP contribution in [-0.2, 0) is 29.0 Å². The lowest BCUT2D eigenvalue weighted by Gasteiger charge is -2.24. The average molecular weight is 720 g/mol. The molecule has 51 heavy (non-hydrogen) atoms. The molecule has 0 bridgehead atoms. The number of sulfone groups is 1. The molecule has 14 nitrogen and oxygen atoms in total. The predicted molar refractivity (Wildman–Crippen MR) is 194 cm³/mol. The van der Waals surface area contributed by atoms with Crippen molar-refractivity contribution in [2.75, 3.05) is 25.6 Å². The minimum absolute atomic E-state index is 0.167. The van der Waals surface area contributed by atoms with E-state index in [1.165, 1.54) is 14.0 Å². The minimum atomic E-state index is -3.57. The number of carbonyl (C=O) groups is 5. The number of urea groups is 1. The van der Waals surface area contributed by atoms with Crippen molar-refractivity contribution < 1.29 is 32.4 Å². The summed E-state index contributed by atoms with van der Waals surface area (Å²) in [7, 11) is -2.14. The molecule has 0 saturated carbocycles. The summed E-state index contributed by atoms with van der Waals surface area (Å²) in [6.45, 7) is 2.56. The first-order valence-corrected chi connectivity index (χ1v) is 18.4. The number of hydrogen-bond acceptors (Lipinski definition) is 9. The molecule has 3 unspecified atom stereocenters. The Labute approximate surface area is 298 Å². The van der Waals surface area contributed by atoms with Gasteiger partial charge in [-0.05, 0) is 37.1 Å². The van der Waals surface area contributed by atoms with Crippen molar-refractivity contribution >= 4 is 45.1 Å². The van der Waals surface area contributed by atoms with Crippen molar-refractivity contribution in [1.82, 2.24) is 32.0 Å². The number of amides is 5. The number of ketones is 1. The maximum atomic E-state index is 13.7. The fourth-order valence-corrected chi connectivity index (χ4v) is 6.09. The number of Topliss-reactive ketones (excluding diaryl/α,β-unsaturated/α-hetero) is 1. The Kier molecular flexibility index (Phi) is 15.5. The van der Waals surface area contributed by atoms with Crippen molar-refractivity contribution in [3.63, 3.8) is 0 Å².